The van der Waals surface area contributed by atoms with Gasteiger partial charge in [0, 0.05) is 19.2 Å². The van der Waals surface area contributed by atoms with Crippen molar-refractivity contribution in [3.8, 4) is 0 Å². The first-order valence-corrected chi connectivity index (χ1v) is 7.39. The van der Waals surface area contributed by atoms with Crippen molar-refractivity contribution in [1.29, 1.82) is 0 Å². The minimum atomic E-state index is -0.905. The summed E-state index contributed by atoms with van der Waals surface area (Å²) in [5, 5.41) is 8.67. The predicted octanol–water partition coefficient (Wildman–Crippen LogP) is 3.41. The molecule has 0 aliphatic carbocycles. The van der Waals surface area contributed by atoms with Crippen LogP contribution in [0, 0.1) is 5.92 Å². The van der Waals surface area contributed by atoms with Crippen molar-refractivity contribution >= 4 is 12.0 Å². The molecule has 0 saturated carbocycles. The lowest BCUT2D eigenvalue weighted by Gasteiger charge is -2.32. The van der Waals surface area contributed by atoms with Gasteiger partial charge in [0.25, 0.3) is 0 Å². The van der Waals surface area contributed by atoms with E-state index in [0.717, 1.165) is 18.0 Å². The number of aliphatic carboxylic acids is 1. The Morgan fingerprint density at radius 2 is 2.35 bits per heavy atom. The van der Waals surface area contributed by atoms with Crippen LogP contribution in [-0.2, 0) is 11.3 Å². The number of carboxylic acid groups (broad SMARTS) is 1. The van der Waals surface area contributed by atoms with Crippen molar-refractivity contribution < 1.29 is 9.90 Å². The Morgan fingerprint density at radius 3 is 3.10 bits per heavy atom. The lowest BCUT2D eigenvalue weighted by atomic mass is 9.95. The predicted molar refractivity (Wildman–Crippen MR) is 81.4 cm³/mol. The third-order valence-electron chi connectivity index (χ3n) is 3.96. The van der Waals surface area contributed by atoms with Crippen LogP contribution in [0.3, 0.4) is 0 Å². The molecule has 1 aromatic rings. The van der Waals surface area contributed by atoms with Gasteiger partial charge < -0.3 is 5.11 Å². The Morgan fingerprint density at radius 1 is 1.50 bits per heavy atom. The fraction of sp³-hybridized carbons (Fsp3) is 0.471. The second kappa shape index (κ2) is 7.25. The molecule has 1 aliphatic rings. The zero-order valence-electron chi connectivity index (χ0n) is 12.1. The van der Waals surface area contributed by atoms with Gasteiger partial charge >= 0.3 is 5.97 Å². The standard InChI is InChI=1S/C17H23NO2/c1-2-14-7-4-10-18(12-14)13-16-6-3-5-15(11-16)8-9-17(19)20/h3,5-6,8-9,11,14H,2,4,7,10,12-13H2,1H3,(H,19,20). The van der Waals surface area contributed by atoms with Crippen LogP contribution in [-0.4, -0.2) is 29.1 Å². The fourth-order valence-electron chi connectivity index (χ4n) is 2.85. The maximum Gasteiger partial charge on any atom is 0.328 e. The lowest BCUT2D eigenvalue weighted by Crippen LogP contribution is -2.34. The molecular formula is C17H23NO2. The van der Waals surface area contributed by atoms with Crippen molar-refractivity contribution in [2.45, 2.75) is 32.7 Å². The summed E-state index contributed by atoms with van der Waals surface area (Å²) in [5.74, 6) is -0.0731. The molecule has 0 radical (unpaired) electrons. The number of piperidine rings is 1. The maximum absolute atomic E-state index is 10.5. The fourth-order valence-corrected chi connectivity index (χ4v) is 2.85. The molecule has 3 heteroatoms. The first-order chi connectivity index (χ1) is 9.67. The van der Waals surface area contributed by atoms with Gasteiger partial charge in [0.2, 0.25) is 0 Å². The maximum atomic E-state index is 10.5. The quantitative estimate of drug-likeness (QED) is 0.836. The molecule has 1 fully saturated rings. The first kappa shape index (κ1) is 14.8. The topological polar surface area (TPSA) is 40.5 Å². The second-order valence-corrected chi connectivity index (χ2v) is 5.57. The highest BCUT2D eigenvalue weighted by Crippen LogP contribution is 2.21. The zero-order chi connectivity index (χ0) is 14.4. The summed E-state index contributed by atoms with van der Waals surface area (Å²) < 4.78 is 0. The summed E-state index contributed by atoms with van der Waals surface area (Å²) in [7, 11) is 0. The Balaban J connectivity index is 1.98. The van der Waals surface area contributed by atoms with E-state index < -0.39 is 5.97 Å². The monoisotopic (exact) mass is 273 g/mol. The van der Waals surface area contributed by atoms with Crippen molar-refractivity contribution in [3.63, 3.8) is 0 Å². The molecule has 2 rings (SSSR count). The number of hydrogen-bond acceptors (Lipinski definition) is 2. The normalized spacial score (nSPS) is 20.4. The van der Waals surface area contributed by atoms with E-state index in [0.29, 0.717) is 0 Å². The van der Waals surface area contributed by atoms with Gasteiger partial charge in [0.1, 0.15) is 0 Å². The molecule has 1 aromatic carbocycles. The van der Waals surface area contributed by atoms with E-state index in [1.165, 1.54) is 44.0 Å². The van der Waals surface area contributed by atoms with Gasteiger partial charge in [0.15, 0.2) is 0 Å². The Hall–Kier alpha value is -1.61. The number of nitrogens with zero attached hydrogens (tertiary/aromatic N) is 1. The van der Waals surface area contributed by atoms with E-state index in [2.05, 4.69) is 24.0 Å². The van der Waals surface area contributed by atoms with Crippen LogP contribution < -0.4 is 0 Å². The van der Waals surface area contributed by atoms with Crippen LogP contribution in [0.25, 0.3) is 6.08 Å². The Bertz CT molecular complexity index is 482. The van der Waals surface area contributed by atoms with E-state index in [-0.39, 0.29) is 0 Å². The lowest BCUT2D eigenvalue weighted by molar-refractivity contribution is -0.131. The first-order valence-electron chi connectivity index (χ1n) is 7.39. The highest BCUT2D eigenvalue weighted by atomic mass is 16.4. The molecule has 108 valence electrons. The third-order valence-corrected chi connectivity index (χ3v) is 3.96. The van der Waals surface area contributed by atoms with Crippen molar-refractivity contribution in [2.24, 2.45) is 5.92 Å². The van der Waals surface area contributed by atoms with Gasteiger partial charge in [0.05, 0.1) is 0 Å². The molecule has 1 aliphatic heterocycles. The third kappa shape index (κ3) is 4.49. The minimum absolute atomic E-state index is 0.832. The zero-order valence-corrected chi connectivity index (χ0v) is 12.1. The average Bonchev–Trinajstić information content (AvgIpc) is 2.46. The molecular weight excluding hydrogens is 250 g/mol. The van der Waals surface area contributed by atoms with Gasteiger partial charge in [-0.25, -0.2) is 4.79 Å². The van der Waals surface area contributed by atoms with Crippen LogP contribution in [0.1, 0.15) is 37.3 Å². The average molecular weight is 273 g/mol. The van der Waals surface area contributed by atoms with E-state index in [1.807, 2.05) is 12.1 Å². The highest BCUT2D eigenvalue weighted by Gasteiger charge is 2.18. The van der Waals surface area contributed by atoms with Crippen molar-refractivity contribution in [3.05, 3.63) is 41.5 Å². The minimum Gasteiger partial charge on any atom is -0.478 e. The molecule has 1 saturated heterocycles. The molecule has 0 bridgehead atoms. The largest absolute Gasteiger partial charge is 0.478 e. The number of carboxylic acids is 1. The molecule has 0 spiro atoms. The van der Waals surface area contributed by atoms with Crippen LogP contribution in [0.5, 0.6) is 0 Å². The van der Waals surface area contributed by atoms with Crippen molar-refractivity contribution in [2.75, 3.05) is 13.1 Å². The Labute approximate surface area is 120 Å². The number of carbonyl (C=O) groups is 1. The smallest absolute Gasteiger partial charge is 0.328 e. The molecule has 0 aromatic heterocycles. The summed E-state index contributed by atoms with van der Waals surface area (Å²) in [6.45, 7) is 5.59. The summed E-state index contributed by atoms with van der Waals surface area (Å²) in [4.78, 5) is 13.1. The summed E-state index contributed by atoms with van der Waals surface area (Å²) in [6.07, 6.45) is 6.74. The van der Waals surface area contributed by atoms with Gasteiger partial charge in [-0.2, -0.15) is 0 Å². The Kier molecular flexibility index (Phi) is 5.36. The van der Waals surface area contributed by atoms with Crippen LogP contribution >= 0.6 is 0 Å². The van der Waals surface area contributed by atoms with Crippen LogP contribution in [0.2, 0.25) is 0 Å². The van der Waals surface area contributed by atoms with Gasteiger partial charge in [-0.1, -0.05) is 37.6 Å². The number of rotatable bonds is 5. The van der Waals surface area contributed by atoms with Gasteiger partial charge in [-0.15, -0.1) is 0 Å². The SMILES string of the molecule is CCC1CCCN(Cc2cccc(C=CC(=O)O)c2)C1. The summed E-state index contributed by atoms with van der Waals surface area (Å²) >= 11 is 0. The summed E-state index contributed by atoms with van der Waals surface area (Å²) in [5.41, 5.74) is 2.21. The van der Waals surface area contributed by atoms with E-state index in [4.69, 9.17) is 5.11 Å². The van der Waals surface area contributed by atoms with Crippen LogP contribution in [0.4, 0.5) is 0 Å². The highest BCUT2D eigenvalue weighted by molar-refractivity contribution is 5.85. The summed E-state index contributed by atoms with van der Waals surface area (Å²) in [6, 6.07) is 8.13. The molecule has 3 nitrogen and oxygen atoms in total. The number of benzene rings is 1. The molecule has 20 heavy (non-hydrogen) atoms. The van der Waals surface area contributed by atoms with Gasteiger partial charge in [-0.3, -0.25) is 4.90 Å². The van der Waals surface area contributed by atoms with E-state index in [9.17, 15) is 4.79 Å². The second-order valence-electron chi connectivity index (χ2n) is 5.57. The van der Waals surface area contributed by atoms with Gasteiger partial charge in [-0.05, 0) is 42.5 Å². The molecule has 1 heterocycles. The van der Waals surface area contributed by atoms with E-state index >= 15 is 0 Å². The molecule has 1 N–H and O–H groups in total. The van der Waals surface area contributed by atoms with Crippen molar-refractivity contribution in [1.82, 2.24) is 4.90 Å². The molecule has 0 amide bonds. The molecule has 1 atom stereocenters. The number of likely N-dealkylation sites (tertiary alicyclic amines) is 1. The van der Waals surface area contributed by atoms with E-state index in [1.54, 1.807) is 6.08 Å². The number of hydrogen-bond donors (Lipinski definition) is 1. The molecule has 1 unspecified atom stereocenters. The van der Waals surface area contributed by atoms with Crippen LogP contribution in [0.15, 0.2) is 30.3 Å².